The van der Waals surface area contributed by atoms with Crippen molar-refractivity contribution in [2.45, 2.75) is 12.5 Å². The molecule has 0 radical (unpaired) electrons. The van der Waals surface area contributed by atoms with Crippen molar-refractivity contribution in [3.63, 3.8) is 0 Å². The molecular weight excluding hydrogens is 290 g/mol. The number of nitrogens with zero attached hydrogens (tertiary/aromatic N) is 2. The fourth-order valence-electron chi connectivity index (χ4n) is 2.17. The van der Waals surface area contributed by atoms with Crippen molar-refractivity contribution < 1.29 is 14.7 Å². The number of benzene rings is 1. The van der Waals surface area contributed by atoms with Gasteiger partial charge >= 0.3 is 12.0 Å². The standard InChI is InChI=1S/C14H15N3O3S/c15-8-10-3-1-2-4-12(10)16-14(20)17-5-6-21-9-11(17)7-13(18)19/h1-4,11H,5-7,9H2,(H,16,20)(H,18,19). The van der Waals surface area contributed by atoms with Gasteiger partial charge in [0.25, 0.3) is 0 Å². The third-order valence-electron chi connectivity index (χ3n) is 3.19. The molecule has 0 bridgehead atoms. The monoisotopic (exact) mass is 305 g/mol. The van der Waals surface area contributed by atoms with E-state index in [2.05, 4.69) is 5.32 Å². The molecule has 0 aliphatic carbocycles. The molecule has 1 fully saturated rings. The van der Waals surface area contributed by atoms with Gasteiger partial charge in [0, 0.05) is 18.1 Å². The third-order valence-corrected chi connectivity index (χ3v) is 4.28. The van der Waals surface area contributed by atoms with E-state index in [9.17, 15) is 9.59 Å². The molecule has 1 aliphatic rings. The molecule has 2 amide bonds. The molecule has 1 aromatic rings. The summed E-state index contributed by atoms with van der Waals surface area (Å²) in [5.41, 5.74) is 0.823. The lowest BCUT2D eigenvalue weighted by atomic mass is 10.2. The number of aliphatic carboxylic acids is 1. The summed E-state index contributed by atoms with van der Waals surface area (Å²) in [6.07, 6.45) is -0.0691. The lowest BCUT2D eigenvalue weighted by Crippen LogP contribution is -2.49. The number of anilines is 1. The highest BCUT2D eigenvalue weighted by Crippen LogP contribution is 2.21. The van der Waals surface area contributed by atoms with Gasteiger partial charge in [-0.05, 0) is 12.1 Å². The number of carbonyl (C=O) groups is 2. The Morgan fingerprint density at radius 2 is 2.24 bits per heavy atom. The van der Waals surface area contributed by atoms with E-state index >= 15 is 0 Å². The van der Waals surface area contributed by atoms with Crippen molar-refractivity contribution in [2.24, 2.45) is 0 Å². The largest absolute Gasteiger partial charge is 0.481 e. The lowest BCUT2D eigenvalue weighted by molar-refractivity contribution is -0.137. The smallest absolute Gasteiger partial charge is 0.322 e. The Labute approximate surface area is 126 Å². The molecule has 21 heavy (non-hydrogen) atoms. The van der Waals surface area contributed by atoms with Crippen molar-refractivity contribution in [3.8, 4) is 6.07 Å². The van der Waals surface area contributed by atoms with Crippen LogP contribution in [-0.2, 0) is 4.79 Å². The number of nitriles is 1. The Kier molecular flexibility index (Phi) is 5.06. The van der Waals surface area contributed by atoms with Crippen LogP contribution in [0.3, 0.4) is 0 Å². The summed E-state index contributed by atoms with van der Waals surface area (Å²) in [6.45, 7) is 0.503. The highest BCUT2D eigenvalue weighted by Gasteiger charge is 2.29. The van der Waals surface area contributed by atoms with Gasteiger partial charge in [0.1, 0.15) is 6.07 Å². The van der Waals surface area contributed by atoms with E-state index < -0.39 is 5.97 Å². The predicted molar refractivity (Wildman–Crippen MR) is 80.2 cm³/mol. The summed E-state index contributed by atoms with van der Waals surface area (Å²) in [5, 5.41) is 20.6. The minimum atomic E-state index is -0.919. The fourth-order valence-corrected chi connectivity index (χ4v) is 3.23. The van der Waals surface area contributed by atoms with Crippen molar-refractivity contribution in [2.75, 3.05) is 23.4 Å². The van der Waals surface area contributed by atoms with E-state index in [0.29, 0.717) is 23.5 Å². The molecule has 2 rings (SSSR count). The SMILES string of the molecule is N#Cc1ccccc1NC(=O)N1CCSCC1CC(=O)O. The number of carboxylic acids is 1. The molecule has 1 saturated heterocycles. The maximum atomic E-state index is 12.3. The van der Waals surface area contributed by atoms with Gasteiger partial charge in [-0.15, -0.1) is 0 Å². The van der Waals surface area contributed by atoms with E-state index in [1.54, 1.807) is 40.9 Å². The quantitative estimate of drug-likeness (QED) is 0.890. The second-order valence-corrected chi connectivity index (χ2v) is 5.76. The molecule has 110 valence electrons. The van der Waals surface area contributed by atoms with Crippen LogP contribution in [0.15, 0.2) is 24.3 Å². The minimum Gasteiger partial charge on any atom is -0.481 e. The summed E-state index contributed by atoms with van der Waals surface area (Å²) < 4.78 is 0. The zero-order valence-corrected chi connectivity index (χ0v) is 12.1. The van der Waals surface area contributed by atoms with Crippen LogP contribution < -0.4 is 5.32 Å². The first-order valence-electron chi connectivity index (χ1n) is 6.48. The van der Waals surface area contributed by atoms with E-state index in [1.165, 1.54) is 0 Å². The highest BCUT2D eigenvalue weighted by atomic mass is 32.2. The molecule has 1 atom stereocenters. The van der Waals surface area contributed by atoms with Crippen LogP contribution in [0.5, 0.6) is 0 Å². The van der Waals surface area contributed by atoms with Gasteiger partial charge in [-0.3, -0.25) is 4.79 Å². The van der Waals surface area contributed by atoms with Crippen LogP contribution in [0.25, 0.3) is 0 Å². The van der Waals surface area contributed by atoms with Gasteiger partial charge in [0.05, 0.1) is 23.7 Å². The second kappa shape index (κ2) is 6.99. The van der Waals surface area contributed by atoms with Gasteiger partial charge in [-0.1, -0.05) is 12.1 Å². The van der Waals surface area contributed by atoms with Crippen molar-refractivity contribution >= 4 is 29.4 Å². The number of rotatable bonds is 3. The number of carboxylic acid groups (broad SMARTS) is 1. The molecule has 2 N–H and O–H groups in total. The molecule has 1 aromatic carbocycles. The van der Waals surface area contributed by atoms with Crippen LogP contribution in [-0.4, -0.2) is 46.1 Å². The first kappa shape index (κ1) is 15.2. The molecule has 6 nitrogen and oxygen atoms in total. The maximum absolute atomic E-state index is 12.3. The average molecular weight is 305 g/mol. The van der Waals surface area contributed by atoms with Gasteiger partial charge in [0.15, 0.2) is 0 Å². The normalized spacial score (nSPS) is 17.9. The first-order valence-corrected chi connectivity index (χ1v) is 7.63. The van der Waals surface area contributed by atoms with Crippen LogP contribution in [0.1, 0.15) is 12.0 Å². The summed E-state index contributed by atoms with van der Waals surface area (Å²) in [6, 6.07) is 8.07. The van der Waals surface area contributed by atoms with E-state index in [0.717, 1.165) is 5.75 Å². The fraction of sp³-hybridized carbons (Fsp3) is 0.357. The maximum Gasteiger partial charge on any atom is 0.322 e. The van der Waals surface area contributed by atoms with Crippen molar-refractivity contribution in [1.29, 1.82) is 5.26 Å². The van der Waals surface area contributed by atoms with E-state index in [1.807, 2.05) is 6.07 Å². The van der Waals surface area contributed by atoms with E-state index in [4.69, 9.17) is 10.4 Å². The summed E-state index contributed by atoms with van der Waals surface area (Å²) in [5.74, 6) is 0.473. The molecule has 1 aliphatic heterocycles. The average Bonchev–Trinajstić information content (AvgIpc) is 2.47. The molecule has 1 unspecified atom stereocenters. The lowest BCUT2D eigenvalue weighted by Gasteiger charge is -2.34. The number of thioether (sulfide) groups is 1. The molecule has 7 heteroatoms. The Balaban J connectivity index is 2.10. The molecule has 0 saturated carbocycles. The summed E-state index contributed by atoms with van der Waals surface area (Å²) in [7, 11) is 0. The molecule has 0 spiro atoms. The Morgan fingerprint density at radius 1 is 1.48 bits per heavy atom. The van der Waals surface area contributed by atoms with E-state index in [-0.39, 0.29) is 18.5 Å². The molecule has 0 aromatic heterocycles. The number of nitrogens with one attached hydrogen (secondary N) is 1. The van der Waals surface area contributed by atoms with Gasteiger partial charge in [-0.25, -0.2) is 4.79 Å². The highest BCUT2D eigenvalue weighted by molar-refractivity contribution is 7.99. The van der Waals surface area contributed by atoms with Gasteiger partial charge in [0.2, 0.25) is 0 Å². The van der Waals surface area contributed by atoms with Gasteiger partial charge < -0.3 is 15.3 Å². The number of amides is 2. The van der Waals surface area contributed by atoms with Crippen LogP contribution >= 0.6 is 11.8 Å². The zero-order valence-electron chi connectivity index (χ0n) is 11.3. The van der Waals surface area contributed by atoms with Crippen LogP contribution in [0, 0.1) is 11.3 Å². The second-order valence-electron chi connectivity index (χ2n) is 4.61. The Hall–Kier alpha value is -2.20. The molecule has 1 heterocycles. The summed E-state index contributed by atoms with van der Waals surface area (Å²) in [4.78, 5) is 24.8. The Bertz CT molecular complexity index is 585. The number of hydrogen-bond donors (Lipinski definition) is 2. The van der Waals surface area contributed by atoms with Crippen LogP contribution in [0.2, 0.25) is 0 Å². The number of hydrogen-bond acceptors (Lipinski definition) is 4. The number of para-hydroxylation sites is 1. The summed E-state index contributed by atoms with van der Waals surface area (Å²) >= 11 is 1.64. The Morgan fingerprint density at radius 3 is 2.95 bits per heavy atom. The predicted octanol–water partition coefficient (Wildman–Crippen LogP) is 1.98. The molecular formula is C14H15N3O3S. The third kappa shape index (κ3) is 3.89. The van der Waals surface area contributed by atoms with Gasteiger partial charge in [-0.2, -0.15) is 17.0 Å². The first-order chi connectivity index (χ1) is 10.1. The minimum absolute atomic E-state index is 0.0691. The topological polar surface area (TPSA) is 93.4 Å². The number of urea groups is 1. The zero-order chi connectivity index (χ0) is 15.2. The number of carbonyl (C=O) groups excluding carboxylic acids is 1. The van der Waals surface area contributed by atoms with Crippen LogP contribution in [0.4, 0.5) is 10.5 Å². The van der Waals surface area contributed by atoms with Crippen molar-refractivity contribution in [3.05, 3.63) is 29.8 Å². The van der Waals surface area contributed by atoms with Crippen molar-refractivity contribution in [1.82, 2.24) is 4.90 Å².